The number of likely N-dealkylation sites (tertiary alicyclic amines) is 1. The molecule has 1 aliphatic carbocycles. The van der Waals surface area contributed by atoms with Gasteiger partial charge in [-0.05, 0) is 38.5 Å². The lowest BCUT2D eigenvalue weighted by molar-refractivity contribution is -0.144. The molecule has 5 N–H and O–H groups in total. The molecule has 0 radical (unpaired) electrons. The van der Waals surface area contributed by atoms with Crippen molar-refractivity contribution in [2.45, 2.75) is 115 Å². The van der Waals surface area contributed by atoms with Gasteiger partial charge in [0.1, 0.15) is 0 Å². The van der Waals surface area contributed by atoms with Crippen LogP contribution in [0.5, 0.6) is 0 Å². The molecule has 2 rings (SSSR count). The van der Waals surface area contributed by atoms with Crippen molar-refractivity contribution in [2.24, 2.45) is 11.8 Å². The topological polar surface area (TPSA) is 149 Å². The van der Waals surface area contributed by atoms with E-state index in [9.17, 15) is 30.0 Å². The van der Waals surface area contributed by atoms with Gasteiger partial charge in [-0.15, -0.1) is 0 Å². The van der Waals surface area contributed by atoms with Crippen molar-refractivity contribution in [2.75, 3.05) is 40.0 Å². The minimum atomic E-state index is -0.912. The third kappa shape index (κ3) is 11.8. The summed E-state index contributed by atoms with van der Waals surface area (Å²) in [7, 11) is 1.60. The summed E-state index contributed by atoms with van der Waals surface area (Å²) in [5, 5.41) is 42.3. The number of carbonyl (C=O) groups excluding carboxylic acids is 2. The highest BCUT2D eigenvalue weighted by atomic mass is 16.5. The van der Waals surface area contributed by atoms with E-state index in [2.05, 4.69) is 5.32 Å². The average Bonchev–Trinajstić information content (AvgIpc) is 3.29. The molecule has 0 aromatic heterocycles. The molecule has 0 bridgehead atoms. The number of nitrogens with one attached hydrogen (secondary N) is 1. The van der Waals surface area contributed by atoms with E-state index in [4.69, 9.17) is 9.47 Å². The Morgan fingerprint density at radius 2 is 1.63 bits per heavy atom. The van der Waals surface area contributed by atoms with Crippen LogP contribution in [0.4, 0.5) is 0 Å². The zero-order valence-corrected chi connectivity index (χ0v) is 24.0. The van der Waals surface area contributed by atoms with Crippen molar-refractivity contribution in [3.63, 3.8) is 0 Å². The van der Waals surface area contributed by atoms with Crippen LogP contribution in [-0.2, 0) is 19.1 Å². The first-order valence-corrected chi connectivity index (χ1v) is 14.6. The molecule has 7 atom stereocenters. The van der Waals surface area contributed by atoms with Crippen molar-refractivity contribution in [3.05, 3.63) is 0 Å². The number of rotatable bonds is 16. The van der Waals surface area contributed by atoms with Crippen LogP contribution < -0.4 is 5.32 Å². The molecule has 10 heteroatoms. The Hall–Kier alpha value is -1.30. The fraction of sp³-hybridized carbons (Fsp3) is 0.929. The molecule has 0 aromatic carbocycles. The summed E-state index contributed by atoms with van der Waals surface area (Å²) in [4.78, 5) is 26.2. The number of unbranched alkanes of at least 4 members (excludes halogenated alkanes) is 4. The first kappa shape index (κ1) is 34.7. The van der Waals surface area contributed by atoms with Gasteiger partial charge in [-0.25, -0.2) is 0 Å². The third-order valence-corrected chi connectivity index (χ3v) is 7.57. The summed E-state index contributed by atoms with van der Waals surface area (Å²) in [6.07, 6.45) is 4.44. The van der Waals surface area contributed by atoms with Gasteiger partial charge in [0.2, 0.25) is 11.8 Å². The number of hydrogen-bond acceptors (Lipinski definition) is 8. The lowest BCUT2D eigenvalue weighted by Gasteiger charge is -2.40. The second kappa shape index (κ2) is 19.7. The minimum Gasteiger partial charge on any atom is -0.396 e. The quantitative estimate of drug-likeness (QED) is 0.183. The van der Waals surface area contributed by atoms with Crippen LogP contribution in [0.25, 0.3) is 0 Å². The van der Waals surface area contributed by atoms with E-state index < -0.39 is 18.3 Å². The van der Waals surface area contributed by atoms with Gasteiger partial charge in [0.15, 0.2) is 0 Å². The Labute approximate surface area is 229 Å². The lowest BCUT2D eigenvalue weighted by atomic mass is 9.77. The molecular formula is C28H54N2O8. The molecule has 2 aliphatic rings. The maximum Gasteiger partial charge on any atom is 0.222 e. The first-order valence-electron chi connectivity index (χ1n) is 14.6. The zero-order valence-electron chi connectivity index (χ0n) is 24.0. The highest BCUT2D eigenvalue weighted by molar-refractivity contribution is 5.77. The van der Waals surface area contributed by atoms with Gasteiger partial charge in [0.05, 0.1) is 37.1 Å². The van der Waals surface area contributed by atoms with Crippen LogP contribution >= 0.6 is 0 Å². The summed E-state index contributed by atoms with van der Waals surface area (Å²) < 4.78 is 11.0. The Bertz CT molecular complexity index is 650. The Kier molecular flexibility index (Phi) is 18.0. The molecule has 10 nitrogen and oxygen atoms in total. The van der Waals surface area contributed by atoms with Crippen molar-refractivity contribution < 1.29 is 39.5 Å². The van der Waals surface area contributed by atoms with Crippen molar-refractivity contribution in [1.29, 1.82) is 0 Å². The van der Waals surface area contributed by atoms with Crippen LogP contribution in [0.15, 0.2) is 0 Å². The molecule has 2 fully saturated rings. The van der Waals surface area contributed by atoms with E-state index in [0.29, 0.717) is 52.0 Å². The van der Waals surface area contributed by atoms with Crippen LogP contribution in [0.1, 0.15) is 85.0 Å². The molecule has 1 aliphatic heterocycles. The van der Waals surface area contributed by atoms with Crippen molar-refractivity contribution >= 4 is 11.8 Å². The van der Waals surface area contributed by atoms with Crippen molar-refractivity contribution in [1.82, 2.24) is 10.2 Å². The molecule has 0 aromatic rings. The molecule has 38 heavy (non-hydrogen) atoms. The van der Waals surface area contributed by atoms with E-state index in [1.807, 2.05) is 20.8 Å². The standard InChI is InChI=1S/C26H48N2O8.C2H6/c1-18-22(13-19(16-29)26(34)25(18)33)36-12-8-4-5-9-23(31)27-11-7-3-6-10-24(32)28-15-21(30)14-20(28)17-35-2;1-2/h18-22,25-26,29-30,33-34H,3-17H2,1-2H3,(H,27,31);1-2H3/t18?,19?,20-,21+,22+,25+,26-;/m0./s1. The van der Waals surface area contributed by atoms with Gasteiger partial charge in [-0.2, -0.15) is 0 Å². The molecule has 1 heterocycles. The maximum atomic E-state index is 12.4. The van der Waals surface area contributed by atoms with Crippen LogP contribution in [0.3, 0.4) is 0 Å². The molecule has 0 spiro atoms. The molecular weight excluding hydrogens is 492 g/mol. The monoisotopic (exact) mass is 546 g/mol. The van der Waals surface area contributed by atoms with Gasteiger partial charge in [0.25, 0.3) is 0 Å². The lowest BCUT2D eigenvalue weighted by Crippen LogP contribution is -2.50. The van der Waals surface area contributed by atoms with E-state index in [-0.39, 0.29) is 42.4 Å². The Morgan fingerprint density at radius 1 is 0.947 bits per heavy atom. The minimum absolute atomic E-state index is 0.0317. The van der Waals surface area contributed by atoms with E-state index in [1.165, 1.54) is 0 Å². The van der Waals surface area contributed by atoms with E-state index in [1.54, 1.807) is 12.0 Å². The summed E-state index contributed by atoms with van der Waals surface area (Å²) in [6.45, 7) is 7.64. The summed E-state index contributed by atoms with van der Waals surface area (Å²) in [5.41, 5.74) is 0. The van der Waals surface area contributed by atoms with Gasteiger partial charge >= 0.3 is 0 Å². The number of methoxy groups -OCH3 is 1. The fourth-order valence-electron chi connectivity index (χ4n) is 5.25. The number of nitrogens with zero attached hydrogens (tertiary/aromatic N) is 1. The van der Waals surface area contributed by atoms with Gasteiger partial charge in [0, 0.05) is 58.1 Å². The normalized spacial score (nSPS) is 29.1. The van der Waals surface area contributed by atoms with Gasteiger partial charge in [-0.3, -0.25) is 9.59 Å². The number of hydrogen-bond donors (Lipinski definition) is 5. The second-order valence-corrected chi connectivity index (χ2v) is 10.4. The van der Waals surface area contributed by atoms with Gasteiger partial charge in [-0.1, -0.05) is 33.6 Å². The molecule has 2 unspecified atom stereocenters. The molecule has 1 saturated heterocycles. The van der Waals surface area contributed by atoms with Gasteiger partial charge < -0.3 is 40.1 Å². The third-order valence-electron chi connectivity index (χ3n) is 7.57. The fourth-order valence-corrected chi connectivity index (χ4v) is 5.25. The highest BCUT2D eigenvalue weighted by Gasteiger charge is 2.41. The average molecular weight is 547 g/mol. The number of aliphatic hydroxyl groups is 4. The van der Waals surface area contributed by atoms with Crippen molar-refractivity contribution in [3.8, 4) is 0 Å². The Morgan fingerprint density at radius 3 is 2.32 bits per heavy atom. The molecule has 1 saturated carbocycles. The molecule has 224 valence electrons. The zero-order chi connectivity index (χ0) is 28.5. The number of amides is 2. The highest BCUT2D eigenvalue weighted by Crippen LogP contribution is 2.31. The van der Waals surface area contributed by atoms with Crippen LogP contribution in [0.2, 0.25) is 0 Å². The Balaban J connectivity index is 0.00000352. The number of β-amino-alcohol motifs (C(OH)–C–C–N with tert-alkyl or cyclic N) is 1. The van der Waals surface area contributed by atoms with Crippen LogP contribution in [-0.4, -0.2) is 108 Å². The molecule has 2 amide bonds. The van der Waals surface area contributed by atoms with Crippen LogP contribution in [0, 0.1) is 11.8 Å². The summed E-state index contributed by atoms with van der Waals surface area (Å²) in [5.74, 6) is -0.462. The smallest absolute Gasteiger partial charge is 0.222 e. The summed E-state index contributed by atoms with van der Waals surface area (Å²) in [6, 6.07) is -0.0419. The maximum absolute atomic E-state index is 12.4. The number of aliphatic hydroxyl groups excluding tert-OH is 4. The SMILES string of the molecule is CC.COC[C@@H]1C[C@@H](O)CN1C(=O)CCCCCNC(=O)CCCCCO[C@@H]1CC(CO)[C@H](O)[C@H](O)C1C. The predicted octanol–water partition coefficient (Wildman–Crippen LogP) is 1.61. The number of carbonyl (C=O) groups is 2. The van der Waals surface area contributed by atoms with E-state index >= 15 is 0 Å². The summed E-state index contributed by atoms with van der Waals surface area (Å²) >= 11 is 0. The predicted molar refractivity (Wildman–Crippen MR) is 145 cm³/mol. The van der Waals surface area contributed by atoms with E-state index in [0.717, 1.165) is 38.5 Å². The number of ether oxygens (including phenoxy) is 2. The second-order valence-electron chi connectivity index (χ2n) is 10.4. The largest absolute Gasteiger partial charge is 0.396 e. The first-order chi connectivity index (χ1) is 18.3.